The molecule has 1 aromatic rings. The second kappa shape index (κ2) is 9.98. The Morgan fingerprint density at radius 3 is 2.68 bits per heavy atom. The van der Waals surface area contributed by atoms with Gasteiger partial charge in [0.2, 0.25) is 0 Å². The minimum atomic E-state index is 0.298. The number of phenols is 1. The first kappa shape index (κ1) is 16.2. The van der Waals surface area contributed by atoms with Crippen LogP contribution in [0.15, 0.2) is 18.2 Å². The van der Waals surface area contributed by atoms with Gasteiger partial charge in [0, 0.05) is 18.2 Å². The summed E-state index contributed by atoms with van der Waals surface area (Å²) in [6.07, 6.45) is 7.27. The minimum Gasteiger partial charge on any atom is -0.507 e. The van der Waals surface area contributed by atoms with Gasteiger partial charge in [-0.25, -0.2) is 0 Å². The zero-order valence-corrected chi connectivity index (χ0v) is 12.8. The summed E-state index contributed by atoms with van der Waals surface area (Å²) in [7, 11) is 1.60. The molecule has 4 heteroatoms. The van der Waals surface area contributed by atoms with E-state index >= 15 is 0 Å². The molecule has 0 fully saturated rings. The van der Waals surface area contributed by atoms with Gasteiger partial charge >= 0.3 is 0 Å². The van der Waals surface area contributed by atoms with Crippen LogP contribution in [-0.4, -0.2) is 30.8 Å². The average Bonchev–Trinajstić information content (AvgIpc) is 2.43. The Hall–Kier alpha value is -0.870. The number of ether oxygens (including phenoxy) is 1. The third-order valence-electron chi connectivity index (χ3n) is 3.06. The third kappa shape index (κ3) is 6.73. The fraction of sp³-hybridized carbons (Fsp3) is 0.600. The number of thioether (sulfide) groups is 1. The Morgan fingerprint density at radius 2 is 2.00 bits per heavy atom. The number of nitrogens with one attached hydrogen (secondary N) is 1. The van der Waals surface area contributed by atoms with E-state index in [1.54, 1.807) is 13.2 Å². The Morgan fingerprint density at radius 1 is 1.21 bits per heavy atom. The number of benzene rings is 1. The van der Waals surface area contributed by atoms with Crippen molar-refractivity contribution in [3.05, 3.63) is 23.8 Å². The van der Waals surface area contributed by atoms with Crippen molar-refractivity contribution in [3.8, 4) is 11.5 Å². The molecule has 1 aromatic carbocycles. The molecule has 19 heavy (non-hydrogen) atoms. The summed E-state index contributed by atoms with van der Waals surface area (Å²) in [5, 5.41) is 13.2. The normalized spacial score (nSPS) is 10.6. The summed E-state index contributed by atoms with van der Waals surface area (Å²) in [6, 6.07) is 5.43. The van der Waals surface area contributed by atoms with E-state index in [0.29, 0.717) is 18.0 Å². The van der Waals surface area contributed by atoms with Gasteiger partial charge in [-0.2, -0.15) is 11.8 Å². The lowest BCUT2D eigenvalue weighted by Crippen LogP contribution is -2.14. The summed E-state index contributed by atoms with van der Waals surface area (Å²) in [6.45, 7) is 1.71. The van der Waals surface area contributed by atoms with Crippen LogP contribution in [-0.2, 0) is 6.54 Å². The first-order chi connectivity index (χ1) is 9.27. The Kier molecular flexibility index (Phi) is 8.50. The van der Waals surface area contributed by atoms with Gasteiger partial charge < -0.3 is 15.2 Å². The van der Waals surface area contributed by atoms with Crippen molar-refractivity contribution in [3.63, 3.8) is 0 Å². The molecular weight excluding hydrogens is 258 g/mol. The van der Waals surface area contributed by atoms with Crippen molar-refractivity contribution < 1.29 is 9.84 Å². The fourth-order valence-electron chi connectivity index (χ4n) is 1.89. The first-order valence-corrected chi connectivity index (χ1v) is 8.23. The fourth-order valence-corrected chi connectivity index (χ4v) is 2.39. The molecule has 0 unspecified atom stereocenters. The van der Waals surface area contributed by atoms with Crippen LogP contribution in [0.1, 0.15) is 31.2 Å². The van der Waals surface area contributed by atoms with Crippen molar-refractivity contribution >= 4 is 11.8 Å². The number of methoxy groups -OCH3 is 1. The van der Waals surface area contributed by atoms with Gasteiger partial charge in [-0.3, -0.25) is 0 Å². The molecule has 2 N–H and O–H groups in total. The molecule has 108 valence electrons. The van der Waals surface area contributed by atoms with Gasteiger partial charge in [-0.05, 0) is 37.5 Å². The van der Waals surface area contributed by atoms with Crippen molar-refractivity contribution in [2.45, 2.75) is 32.2 Å². The van der Waals surface area contributed by atoms with Crippen molar-refractivity contribution in [2.75, 3.05) is 25.7 Å². The monoisotopic (exact) mass is 283 g/mol. The molecule has 1 rings (SSSR count). The van der Waals surface area contributed by atoms with Crippen LogP contribution in [0.2, 0.25) is 0 Å². The predicted molar refractivity (Wildman–Crippen MR) is 83.2 cm³/mol. The molecule has 0 heterocycles. The van der Waals surface area contributed by atoms with Gasteiger partial charge in [0.05, 0.1) is 7.11 Å². The topological polar surface area (TPSA) is 41.5 Å². The van der Waals surface area contributed by atoms with E-state index in [0.717, 1.165) is 12.1 Å². The molecule has 0 spiro atoms. The first-order valence-electron chi connectivity index (χ1n) is 6.83. The standard InChI is InChI=1S/C15H25NO2S/c1-18-14-8-7-13(15(17)11-14)12-16-9-5-3-4-6-10-19-2/h7-8,11,16-17H,3-6,9-10,12H2,1-2H3. The SMILES string of the molecule is COc1ccc(CNCCCCCCSC)c(O)c1. The lowest BCUT2D eigenvalue weighted by atomic mass is 10.1. The molecule has 3 nitrogen and oxygen atoms in total. The molecule has 0 aliphatic heterocycles. The van der Waals surface area contributed by atoms with Crippen molar-refractivity contribution in [2.24, 2.45) is 0 Å². The zero-order valence-electron chi connectivity index (χ0n) is 11.9. The molecule has 0 atom stereocenters. The smallest absolute Gasteiger partial charge is 0.123 e. The summed E-state index contributed by atoms with van der Waals surface area (Å²) in [5.74, 6) is 2.26. The number of hydrogen-bond acceptors (Lipinski definition) is 4. The van der Waals surface area contributed by atoms with Crippen LogP contribution in [0, 0.1) is 0 Å². The van der Waals surface area contributed by atoms with E-state index in [4.69, 9.17) is 4.74 Å². The highest BCUT2D eigenvalue weighted by molar-refractivity contribution is 7.98. The van der Waals surface area contributed by atoms with Gasteiger partial charge in [0.25, 0.3) is 0 Å². The second-order valence-corrected chi connectivity index (χ2v) is 5.56. The van der Waals surface area contributed by atoms with Crippen LogP contribution in [0.25, 0.3) is 0 Å². The van der Waals surface area contributed by atoms with E-state index in [-0.39, 0.29) is 0 Å². The van der Waals surface area contributed by atoms with Crippen LogP contribution in [0.5, 0.6) is 11.5 Å². The molecule has 0 amide bonds. The van der Waals surface area contributed by atoms with Crippen molar-refractivity contribution in [1.29, 1.82) is 0 Å². The summed E-state index contributed by atoms with van der Waals surface area (Å²) < 4.78 is 5.06. The van der Waals surface area contributed by atoms with Crippen LogP contribution in [0.4, 0.5) is 0 Å². The zero-order chi connectivity index (χ0) is 13.9. The summed E-state index contributed by atoms with van der Waals surface area (Å²) >= 11 is 1.92. The maximum Gasteiger partial charge on any atom is 0.123 e. The number of hydrogen-bond donors (Lipinski definition) is 2. The molecule has 0 aromatic heterocycles. The average molecular weight is 283 g/mol. The second-order valence-electron chi connectivity index (χ2n) is 4.58. The molecule has 0 aliphatic rings. The molecule has 0 bridgehead atoms. The van der Waals surface area contributed by atoms with Crippen LogP contribution < -0.4 is 10.1 Å². The molecule has 0 saturated heterocycles. The van der Waals surface area contributed by atoms with Gasteiger partial charge in [-0.15, -0.1) is 0 Å². The van der Waals surface area contributed by atoms with Crippen molar-refractivity contribution in [1.82, 2.24) is 5.32 Å². The van der Waals surface area contributed by atoms with Crippen LogP contribution >= 0.6 is 11.8 Å². The molecule has 0 aliphatic carbocycles. The number of aromatic hydroxyl groups is 1. The lowest BCUT2D eigenvalue weighted by Gasteiger charge is -2.08. The number of rotatable bonds is 10. The van der Waals surface area contributed by atoms with E-state index in [1.165, 1.54) is 31.4 Å². The Bertz CT molecular complexity index is 358. The largest absolute Gasteiger partial charge is 0.507 e. The number of phenolic OH excluding ortho intramolecular Hbond substituents is 1. The van der Waals surface area contributed by atoms with Gasteiger partial charge in [-0.1, -0.05) is 18.9 Å². The van der Waals surface area contributed by atoms with E-state index in [9.17, 15) is 5.11 Å². The summed E-state index contributed by atoms with van der Waals surface area (Å²) in [5.41, 5.74) is 0.920. The minimum absolute atomic E-state index is 0.298. The number of unbranched alkanes of at least 4 members (excludes halogenated alkanes) is 3. The summed E-state index contributed by atoms with van der Waals surface area (Å²) in [4.78, 5) is 0. The maximum absolute atomic E-state index is 9.80. The van der Waals surface area contributed by atoms with E-state index in [2.05, 4.69) is 11.6 Å². The lowest BCUT2D eigenvalue weighted by molar-refractivity contribution is 0.406. The predicted octanol–water partition coefficient (Wildman–Crippen LogP) is 3.41. The Labute approximate surface area is 120 Å². The Balaban J connectivity index is 2.12. The highest BCUT2D eigenvalue weighted by atomic mass is 32.2. The van der Waals surface area contributed by atoms with Gasteiger partial charge in [0.15, 0.2) is 0 Å². The maximum atomic E-state index is 9.80. The van der Waals surface area contributed by atoms with Gasteiger partial charge in [0.1, 0.15) is 11.5 Å². The quantitative estimate of drug-likeness (QED) is 0.646. The molecule has 0 saturated carbocycles. The third-order valence-corrected chi connectivity index (χ3v) is 3.76. The van der Waals surface area contributed by atoms with Crippen LogP contribution in [0.3, 0.4) is 0 Å². The highest BCUT2D eigenvalue weighted by Crippen LogP contribution is 2.23. The highest BCUT2D eigenvalue weighted by Gasteiger charge is 2.02. The molecule has 0 radical (unpaired) electrons. The van der Waals surface area contributed by atoms with E-state index in [1.807, 2.05) is 23.9 Å². The van der Waals surface area contributed by atoms with E-state index < -0.39 is 0 Å². The molecular formula is C15H25NO2S.